The lowest BCUT2D eigenvalue weighted by Gasteiger charge is -2.07. The SMILES string of the molecule is C1CCOOC1.CCCC. The molecule has 1 aliphatic heterocycles. The van der Waals surface area contributed by atoms with Crippen LogP contribution in [0.1, 0.15) is 39.5 Å². The van der Waals surface area contributed by atoms with Crippen LogP contribution in [0, 0.1) is 0 Å². The Hall–Kier alpha value is -0.0800. The molecule has 2 heteroatoms. The minimum absolute atomic E-state index is 0.778. The molecule has 2 nitrogen and oxygen atoms in total. The van der Waals surface area contributed by atoms with E-state index in [0.29, 0.717) is 0 Å². The minimum atomic E-state index is 0.778. The van der Waals surface area contributed by atoms with Gasteiger partial charge in [-0.2, -0.15) is 0 Å². The Morgan fingerprint density at radius 3 is 1.40 bits per heavy atom. The molecule has 0 aromatic carbocycles. The Bertz CT molecular complexity index is 37.7. The molecule has 0 radical (unpaired) electrons. The topological polar surface area (TPSA) is 18.5 Å². The zero-order valence-corrected chi connectivity index (χ0v) is 7.06. The number of unbranched alkanes of at least 4 members (excludes halogenated alkanes) is 1. The van der Waals surface area contributed by atoms with Gasteiger partial charge in [-0.3, -0.25) is 0 Å². The van der Waals surface area contributed by atoms with Crippen molar-refractivity contribution < 1.29 is 9.78 Å². The first kappa shape index (κ1) is 9.92. The molecular formula is C8H18O2. The van der Waals surface area contributed by atoms with Crippen LogP contribution in [0.3, 0.4) is 0 Å². The van der Waals surface area contributed by atoms with Gasteiger partial charge in [0.15, 0.2) is 0 Å². The lowest BCUT2D eigenvalue weighted by molar-refractivity contribution is -0.312. The van der Waals surface area contributed by atoms with E-state index in [1.807, 2.05) is 0 Å². The number of hydrogen-bond acceptors (Lipinski definition) is 2. The second kappa shape index (κ2) is 8.92. The molecule has 1 aliphatic rings. The summed E-state index contributed by atoms with van der Waals surface area (Å²) in [5, 5.41) is 0. The van der Waals surface area contributed by atoms with E-state index in [1.54, 1.807) is 0 Å². The maximum atomic E-state index is 4.57. The van der Waals surface area contributed by atoms with Gasteiger partial charge in [0.2, 0.25) is 0 Å². The van der Waals surface area contributed by atoms with Gasteiger partial charge in [-0.15, -0.1) is 0 Å². The maximum absolute atomic E-state index is 4.57. The van der Waals surface area contributed by atoms with Crippen molar-refractivity contribution in [3.05, 3.63) is 0 Å². The van der Waals surface area contributed by atoms with Crippen LogP contribution < -0.4 is 0 Å². The average Bonchev–Trinajstić information content (AvgIpc) is 2.08. The fourth-order valence-electron chi connectivity index (χ4n) is 0.440. The van der Waals surface area contributed by atoms with E-state index in [2.05, 4.69) is 23.6 Å². The summed E-state index contributed by atoms with van der Waals surface area (Å²) in [5.41, 5.74) is 0. The van der Waals surface area contributed by atoms with E-state index < -0.39 is 0 Å². The Kier molecular flexibility index (Phi) is 8.85. The summed E-state index contributed by atoms with van der Waals surface area (Å²) < 4.78 is 0. The van der Waals surface area contributed by atoms with Crippen molar-refractivity contribution in [1.82, 2.24) is 0 Å². The summed E-state index contributed by atoms with van der Waals surface area (Å²) in [6, 6.07) is 0. The molecular weight excluding hydrogens is 128 g/mol. The first-order chi connectivity index (χ1) is 4.91. The van der Waals surface area contributed by atoms with Crippen molar-refractivity contribution in [2.75, 3.05) is 13.2 Å². The molecule has 62 valence electrons. The van der Waals surface area contributed by atoms with Gasteiger partial charge < -0.3 is 0 Å². The van der Waals surface area contributed by atoms with Gasteiger partial charge in [0.1, 0.15) is 0 Å². The van der Waals surface area contributed by atoms with Crippen LogP contribution in [0.4, 0.5) is 0 Å². The molecule has 0 aromatic heterocycles. The summed E-state index contributed by atoms with van der Waals surface area (Å²) in [7, 11) is 0. The summed E-state index contributed by atoms with van der Waals surface area (Å²) in [4.78, 5) is 9.14. The van der Waals surface area contributed by atoms with Gasteiger partial charge in [0, 0.05) is 0 Å². The van der Waals surface area contributed by atoms with E-state index in [-0.39, 0.29) is 0 Å². The first-order valence-corrected chi connectivity index (χ1v) is 4.16. The Balaban J connectivity index is 0.000000180. The van der Waals surface area contributed by atoms with Crippen molar-refractivity contribution in [3.8, 4) is 0 Å². The summed E-state index contributed by atoms with van der Waals surface area (Å²) >= 11 is 0. The van der Waals surface area contributed by atoms with Gasteiger partial charge >= 0.3 is 0 Å². The van der Waals surface area contributed by atoms with Gasteiger partial charge in [-0.05, 0) is 12.8 Å². The molecule has 0 N–H and O–H groups in total. The quantitative estimate of drug-likeness (QED) is 0.529. The Labute approximate surface area is 63.5 Å². The highest BCUT2D eigenvalue weighted by Crippen LogP contribution is 1.97. The fourth-order valence-corrected chi connectivity index (χ4v) is 0.440. The van der Waals surface area contributed by atoms with Crippen molar-refractivity contribution in [1.29, 1.82) is 0 Å². The second-order valence-electron chi connectivity index (χ2n) is 2.35. The normalized spacial score (nSPS) is 17.4. The minimum Gasteiger partial charge on any atom is -0.237 e. The van der Waals surface area contributed by atoms with Crippen molar-refractivity contribution in [2.24, 2.45) is 0 Å². The number of hydrogen-bond donors (Lipinski definition) is 0. The molecule has 10 heavy (non-hydrogen) atoms. The highest BCUT2D eigenvalue weighted by molar-refractivity contribution is 4.36. The van der Waals surface area contributed by atoms with Gasteiger partial charge in [-0.1, -0.05) is 26.7 Å². The Morgan fingerprint density at radius 1 is 0.900 bits per heavy atom. The van der Waals surface area contributed by atoms with E-state index in [1.165, 1.54) is 12.8 Å². The number of rotatable bonds is 1. The molecule has 1 saturated heterocycles. The van der Waals surface area contributed by atoms with Crippen LogP contribution >= 0.6 is 0 Å². The van der Waals surface area contributed by atoms with E-state index in [4.69, 9.17) is 0 Å². The van der Waals surface area contributed by atoms with Gasteiger partial charge in [0.05, 0.1) is 13.2 Å². The van der Waals surface area contributed by atoms with E-state index >= 15 is 0 Å². The monoisotopic (exact) mass is 146 g/mol. The average molecular weight is 146 g/mol. The molecule has 0 atom stereocenters. The third-order valence-corrected chi connectivity index (χ3v) is 1.29. The summed E-state index contributed by atoms with van der Waals surface area (Å²) in [5.74, 6) is 0. The standard InChI is InChI=1S/C4H8O2.C4H10/c1-2-4-6-5-3-1;1-3-4-2/h1-4H2;3-4H2,1-2H3. The van der Waals surface area contributed by atoms with Crippen LogP contribution in [0.25, 0.3) is 0 Å². The smallest absolute Gasteiger partial charge is 0.0823 e. The fraction of sp³-hybridized carbons (Fsp3) is 1.00. The van der Waals surface area contributed by atoms with Gasteiger partial charge in [0.25, 0.3) is 0 Å². The zero-order valence-electron chi connectivity index (χ0n) is 7.06. The predicted octanol–water partition coefficient (Wildman–Crippen LogP) is 2.53. The predicted molar refractivity (Wildman–Crippen MR) is 41.7 cm³/mol. The second-order valence-corrected chi connectivity index (χ2v) is 2.35. The molecule has 1 heterocycles. The molecule has 0 amide bonds. The van der Waals surface area contributed by atoms with Crippen LogP contribution in [-0.2, 0) is 9.78 Å². The molecule has 0 aromatic rings. The van der Waals surface area contributed by atoms with Crippen LogP contribution in [-0.4, -0.2) is 13.2 Å². The summed E-state index contributed by atoms with van der Waals surface area (Å²) in [6.07, 6.45) is 4.94. The van der Waals surface area contributed by atoms with E-state index in [9.17, 15) is 0 Å². The summed E-state index contributed by atoms with van der Waals surface area (Å²) in [6.45, 7) is 5.92. The van der Waals surface area contributed by atoms with Crippen molar-refractivity contribution in [2.45, 2.75) is 39.5 Å². The molecule has 0 unspecified atom stereocenters. The zero-order chi connectivity index (χ0) is 7.66. The molecule has 0 spiro atoms. The first-order valence-electron chi connectivity index (χ1n) is 4.16. The molecule has 0 aliphatic carbocycles. The van der Waals surface area contributed by atoms with Crippen LogP contribution in [0.2, 0.25) is 0 Å². The lowest BCUT2D eigenvalue weighted by atomic mass is 10.3. The third kappa shape index (κ3) is 7.92. The lowest BCUT2D eigenvalue weighted by Crippen LogP contribution is -2.05. The molecule has 0 saturated carbocycles. The molecule has 0 bridgehead atoms. The third-order valence-electron chi connectivity index (χ3n) is 1.29. The highest BCUT2D eigenvalue weighted by Gasteiger charge is 1.95. The highest BCUT2D eigenvalue weighted by atomic mass is 17.2. The Morgan fingerprint density at radius 2 is 1.30 bits per heavy atom. The van der Waals surface area contributed by atoms with Crippen molar-refractivity contribution >= 4 is 0 Å². The van der Waals surface area contributed by atoms with E-state index in [0.717, 1.165) is 26.1 Å². The van der Waals surface area contributed by atoms with Gasteiger partial charge in [-0.25, -0.2) is 9.78 Å². The molecule has 1 rings (SSSR count). The maximum Gasteiger partial charge on any atom is 0.0823 e. The van der Waals surface area contributed by atoms with Crippen molar-refractivity contribution in [3.63, 3.8) is 0 Å². The molecule has 1 fully saturated rings. The largest absolute Gasteiger partial charge is 0.237 e. The van der Waals surface area contributed by atoms with Crippen LogP contribution in [0.15, 0.2) is 0 Å². The van der Waals surface area contributed by atoms with Crippen LogP contribution in [0.5, 0.6) is 0 Å².